The molecule has 0 fully saturated rings. The van der Waals surface area contributed by atoms with Gasteiger partial charge in [-0.3, -0.25) is 0 Å². The van der Waals surface area contributed by atoms with Gasteiger partial charge < -0.3 is 14.6 Å². The van der Waals surface area contributed by atoms with Gasteiger partial charge in [-0.05, 0) is 28.5 Å². The number of rotatable bonds is 3. The molecule has 0 saturated heterocycles. The highest BCUT2D eigenvalue weighted by molar-refractivity contribution is 5.86. The molecule has 0 unspecified atom stereocenters. The maximum atomic E-state index is 10.8. The second-order valence-electron chi connectivity index (χ2n) is 4.01. The first kappa shape index (κ1) is 14.3. The minimum absolute atomic E-state index is 0. The number of carboxylic acids is 1. The van der Waals surface area contributed by atoms with Crippen LogP contribution in [-0.4, -0.2) is 13.1 Å². The molecule has 1 atom stereocenters. The summed E-state index contributed by atoms with van der Waals surface area (Å²) in [5.74, 6) is -0.863. The summed E-state index contributed by atoms with van der Waals surface area (Å²) in [6, 6.07) is 11.3. The van der Waals surface area contributed by atoms with Crippen LogP contribution in [0.3, 0.4) is 0 Å². The summed E-state index contributed by atoms with van der Waals surface area (Å²) in [6.07, 6.45) is 0. The van der Waals surface area contributed by atoms with Crippen molar-refractivity contribution in [3.05, 3.63) is 42.0 Å². The Morgan fingerprint density at radius 3 is 2.39 bits per heavy atom. The Morgan fingerprint density at radius 2 is 1.78 bits per heavy atom. The molecule has 96 valence electrons. The Kier molecular flexibility index (Phi) is 4.56. The van der Waals surface area contributed by atoms with Crippen molar-refractivity contribution in [1.82, 2.24) is 0 Å². The molecule has 2 aromatic rings. The number of fused-ring (bicyclic) bond motifs is 1. The van der Waals surface area contributed by atoms with E-state index < -0.39 is 11.9 Å². The maximum Gasteiger partial charge on any atom is 0.119 e. The third-order valence-corrected chi connectivity index (χ3v) is 2.93. The van der Waals surface area contributed by atoms with Crippen LogP contribution in [-0.2, 0) is 4.79 Å². The molecule has 0 aliphatic heterocycles. The van der Waals surface area contributed by atoms with Gasteiger partial charge in [0, 0.05) is 11.9 Å². The van der Waals surface area contributed by atoms with E-state index in [-0.39, 0.29) is 12.4 Å². The Morgan fingerprint density at radius 1 is 1.17 bits per heavy atom. The first-order valence-electron chi connectivity index (χ1n) is 5.40. The van der Waals surface area contributed by atoms with E-state index in [0.29, 0.717) is 0 Å². The lowest BCUT2D eigenvalue weighted by Gasteiger charge is -2.13. The van der Waals surface area contributed by atoms with Gasteiger partial charge in [0.05, 0.1) is 7.11 Å². The van der Waals surface area contributed by atoms with Gasteiger partial charge in [-0.25, -0.2) is 0 Å². The van der Waals surface area contributed by atoms with Gasteiger partial charge in [-0.2, -0.15) is 0 Å². The molecule has 0 amide bonds. The molecule has 4 heteroatoms. The van der Waals surface area contributed by atoms with Gasteiger partial charge in [0.1, 0.15) is 5.75 Å². The first-order valence-corrected chi connectivity index (χ1v) is 5.40. The molecule has 0 saturated carbocycles. The molecule has 0 aliphatic carbocycles. The van der Waals surface area contributed by atoms with E-state index in [0.717, 1.165) is 22.1 Å². The lowest BCUT2D eigenvalue weighted by molar-refractivity contribution is -0.307. The van der Waals surface area contributed by atoms with Gasteiger partial charge >= 0.3 is 0 Å². The van der Waals surface area contributed by atoms with Crippen LogP contribution in [0.25, 0.3) is 10.8 Å². The largest absolute Gasteiger partial charge is 0.550 e. The van der Waals surface area contributed by atoms with E-state index in [9.17, 15) is 9.90 Å². The molecular formula is C14H14ClO3-. The quantitative estimate of drug-likeness (QED) is 0.854. The Labute approximate surface area is 112 Å². The lowest BCUT2D eigenvalue weighted by atomic mass is 9.98. The van der Waals surface area contributed by atoms with Crippen LogP contribution in [0.4, 0.5) is 0 Å². The summed E-state index contributed by atoms with van der Waals surface area (Å²) in [5.41, 5.74) is 0.752. The van der Waals surface area contributed by atoms with Crippen molar-refractivity contribution in [1.29, 1.82) is 0 Å². The predicted octanol–water partition coefficient (Wildman–Crippen LogP) is 2.12. The van der Waals surface area contributed by atoms with Gasteiger partial charge in [0.15, 0.2) is 0 Å². The SMILES string of the molecule is COc1ccc2cc([C@H](C)C(=O)[O-])ccc2c1.Cl. The smallest absolute Gasteiger partial charge is 0.119 e. The second-order valence-corrected chi connectivity index (χ2v) is 4.01. The van der Waals surface area contributed by atoms with Crippen molar-refractivity contribution >= 4 is 29.1 Å². The summed E-state index contributed by atoms with van der Waals surface area (Å²) >= 11 is 0. The molecule has 2 rings (SSSR count). The Bertz CT molecular complexity index is 566. The minimum atomic E-state index is -1.06. The van der Waals surface area contributed by atoms with Crippen LogP contribution in [0, 0.1) is 0 Å². The molecular weight excluding hydrogens is 252 g/mol. The first-order chi connectivity index (χ1) is 8.11. The highest BCUT2D eigenvalue weighted by Crippen LogP contribution is 2.24. The van der Waals surface area contributed by atoms with Crippen LogP contribution in [0.2, 0.25) is 0 Å². The van der Waals surface area contributed by atoms with Crippen LogP contribution in [0.15, 0.2) is 36.4 Å². The van der Waals surface area contributed by atoms with Crippen molar-refractivity contribution in [3.8, 4) is 5.75 Å². The van der Waals surface area contributed by atoms with E-state index in [1.165, 1.54) is 0 Å². The van der Waals surface area contributed by atoms with Crippen LogP contribution in [0.5, 0.6) is 5.75 Å². The summed E-state index contributed by atoms with van der Waals surface area (Å²) in [6.45, 7) is 1.63. The maximum absolute atomic E-state index is 10.8. The number of carbonyl (C=O) groups is 1. The summed E-state index contributed by atoms with van der Waals surface area (Å²) in [4.78, 5) is 10.8. The van der Waals surface area contributed by atoms with E-state index >= 15 is 0 Å². The molecule has 0 spiro atoms. The zero-order chi connectivity index (χ0) is 12.4. The van der Waals surface area contributed by atoms with Crippen molar-refractivity contribution in [3.63, 3.8) is 0 Å². The highest BCUT2D eigenvalue weighted by atomic mass is 35.5. The number of methoxy groups -OCH3 is 1. The number of hydrogen-bond acceptors (Lipinski definition) is 3. The number of carboxylic acid groups (broad SMARTS) is 1. The number of hydrogen-bond donors (Lipinski definition) is 0. The highest BCUT2D eigenvalue weighted by Gasteiger charge is 2.07. The van der Waals surface area contributed by atoms with Crippen LogP contribution >= 0.6 is 12.4 Å². The molecule has 18 heavy (non-hydrogen) atoms. The van der Waals surface area contributed by atoms with Gasteiger partial charge in [0.2, 0.25) is 0 Å². The molecule has 0 aliphatic rings. The molecule has 0 radical (unpaired) electrons. The zero-order valence-corrected chi connectivity index (χ0v) is 11.0. The minimum Gasteiger partial charge on any atom is -0.550 e. The molecule has 0 bridgehead atoms. The normalized spacial score (nSPS) is 11.7. The van der Waals surface area contributed by atoms with Crippen LogP contribution in [0.1, 0.15) is 18.4 Å². The average molecular weight is 266 g/mol. The molecule has 3 nitrogen and oxygen atoms in total. The van der Waals surface area contributed by atoms with Gasteiger partial charge in [0.25, 0.3) is 0 Å². The van der Waals surface area contributed by atoms with Crippen molar-refractivity contribution in [2.45, 2.75) is 12.8 Å². The second kappa shape index (κ2) is 5.74. The average Bonchev–Trinajstić information content (AvgIpc) is 2.36. The van der Waals surface area contributed by atoms with E-state index in [2.05, 4.69) is 0 Å². The standard InChI is InChI=1S/C14H14O3.ClH/c1-9(14(15)16)10-3-4-12-8-13(17-2)6-5-11(12)7-10;/h3-9H,1-2H3,(H,15,16);1H/p-1/t9-;/m0./s1. The van der Waals surface area contributed by atoms with E-state index in [1.54, 1.807) is 14.0 Å². The molecule has 0 heterocycles. The predicted molar refractivity (Wildman–Crippen MR) is 71.2 cm³/mol. The molecule has 0 N–H and O–H groups in total. The summed E-state index contributed by atoms with van der Waals surface area (Å²) < 4.78 is 5.13. The molecule has 0 aromatic heterocycles. The van der Waals surface area contributed by atoms with Gasteiger partial charge in [-0.15, -0.1) is 12.4 Å². The fraction of sp³-hybridized carbons (Fsp3) is 0.214. The van der Waals surface area contributed by atoms with Gasteiger partial charge in [-0.1, -0.05) is 31.2 Å². The number of carbonyl (C=O) groups excluding carboxylic acids is 1. The summed E-state index contributed by atoms with van der Waals surface area (Å²) in [5, 5.41) is 12.8. The van der Waals surface area contributed by atoms with Crippen molar-refractivity contribution in [2.24, 2.45) is 0 Å². The topological polar surface area (TPSA) is 49.4 Å². The number of aliphatic carboxylic acids is 1. The Hall–Kier alpha value is -1.74. The van der Waals surface area contributed by atoms with E-state index in [4.69, 9.17) is 4.74 Å². The monoisotopic (exact) mass is 265 g/mol. The summed E-state index contributed by atoms with van der Waals surface area (Å²) in [7, 11) is 1.62. The third-order valence-electron chi connectivity index (χ3n) is 2.93. The number of halogens is 1. The number of ether oxygens (including phenoxy) is 1. The van der Waals surface area contributed by atoms with Crippen molar-refractivity contribution < 1.29 is 14.6 Å². The third kappa shape index (κ3) is 2.74. The fourth-order valence-electron chi connectivity index (χ4n) is 1.77. The van der Waals surface area contributed by atoms with Crippen molar-refractivity contribution in [2.75, 3.05) is 7.11 Å². The van der Waals surface area contributed by atoms with Crippen LogP contribution < -0.4 is 9.84 Å². The van der Waals surface area contributed by atoms with E-state index in [1.807, 2.05) is 36.4 Å². The Balaban J connectivity index is 0.00000162. The fourth-order valence-corrected chi connectivity index (χ4v) is 1.77. The molecule has 2 aromatic carbocycles. The zero-order valence-electron chi connectivity index (χ0n) is 10.2. The number of benzene rings is 2. The lowest BCUT2D eigenvalue weighted by Crippen LogP contribution is -2.27.